The van der Waals surface area contributed by atoms with Gasteiger partial charge in [0, 0.05) is 0 Å². The van der Waals surface area contributed by atoms with Crippen molar-refractivity contribution < 1.29 is 14.3 Å². The van der Waals surface area contributed by atoms with Crippen molar-refractivity contribution in [3.8, 4) is 15.6 Å². The molecule has 90 valence electrons. The van der Waals surface area contributed by atoms with Gasteiger partial charge in [0.25, 0.3) is 0 Å². The molecule has 5 nitrogen and oxygen atoms in total. The van der Waals surface area contributed by atoms with Crippen LogP contribution in [0.1, 0.15) is 10.5 Å². The predicted molar refractivity (Wildman–Crippen MR) is 67.7 cm³/mol. The lowest BCUT2D eigenvalue weighted by Crippen LogP contribution is -2.04. The fourth-order valence-electron chi connectivity index (χ4n) is 1.29. The monoisotopic (exact) mass is 270 g/mol. The zero-order chi connectivity index (χ0) is 12.4. The molecule has 0 aliphatic heterocycles. The number of nitrogens with zero attached hydrogens (tertiary/aromatic N) is 1. The van der Waals surface area contributed by atoms with Crippen LogP contribution in [-0.4, -0.2) is 25.2 Å². The average Bonchev–Trinajstić information content (AvgIpc) is 2.93. The summed E-state index contributed by atoms with van der Waals surface area (Å²) in [6, 6.07) is 1.84. The molecule has 0 unspecified atom stereocenters. The Morgan fingerprint density at radius 1 is 1.47 bits per heavy atom. The van der Waals surface area contributed by atoms with Gasteiger partial charge < -0.3 is 15.2 Å². The second-order valence-electron chi connectivity index (χ2n) is 3.04. The third kappa shape index (κ3) is 2.11. The third-order valence-corrected chi connectivity index (χ3v) is 4.01. The molecule has 0 aromatic carbocycles. The number of hydrogen-bond acceptors (Lipinski definition) is 7. The highest BCUT2D eigenvalue weighted by Crippen LogP contribution is 2.39. The third-order valence-electron chi connectivity index (χ3n) is 2.08. The summed E-state index contributed by atoms with van der Waals surface area (Å²) in [5.41, 5.74) is 5.89. The van der Waals surface area contributed by atoms with E-state index in [-0.39, 0.29) is 5.69 Å². The number of ether oxygens (including phenoxy) is 2. The Balaban J connectivity index is 2.44. The number of methoxy groups -OCH3 is 2. The highest BCUT2D eigenvalue weighted by atomic mass is 32.1. The van der Waals surface area contributed by atoms with E-state index in [1.165, 1.54) is 29.8 Å². The lowest BCUT2D eigenvalue weighted by atomic mass is 10.4. The van der Waals surface area contributed by atoms with Crippen molar-refractivity contribution in [3.63, 3.8) is 0 Å². The first-order valence-corrected chi connectivity index (χ1v) is 6.33. The molecular weight excluding hydrogens is 260 g/mol. The number of thiazole rings is 1. The average molecular weight is 270 g/mol. The molecule has 0 saturated carbocycles. The summed E-state index contributed by atoms with van der Waals surface area (Å²) in [5, 5.41) is 2.90. The fourth-order valence-corrected chi connectivity index (χ4v) is 3.06. The minimum atomic E-state index is -0.527. The summed E-state index contributed by atoms with van der Waals surface area (Å²) in [4.78, 5) is 16.4. The van der Waals surface area contributed by atoms with E-state index in [1.807, 2.05) is 11.4 Å². The van der Waals surface area contributed by atoms with Crippen molar-refractivity contribution in [3.05, 3.63) is 17.1 Å². The first-order chi connectivity index (χ1) is 8.17. The van der Waals surface area contributed by atoms with Crippen LogP contribution in [0.15, 0.2) is 11.4 Å². The summed E-state index contributed by atoms with van der Waals surface area (Å²) in [5.74, 6) is 0.195. The predicted octanol–water partition coefficient (Wildman–Crippen LogP) is 2.25. The van der Waals surface area contributed by atoms with Gasteiger partial charge in [0.2, 0.25) is 0 Å². The number of carbonyl (C=O) groups is 1. The molecule has 2 heterocycles. The molecule has 0 amide bonds. The minimum Gasteiger partial charge on any atom is -0.495 e. The van der Waals surface area contributed by atoms with Crippen LogP contribution >= 0.6 is 22.7 Å². The van der Waals surface area contributed by atoms with Crippen LogP contribution in [-0.2, 0) is 4.74 Å². The van der Waals surface area contributed by atoms with Gasteiger partial charge in [-0.15, -0.1) is 11.3 Å². The maximum atomic E-state index is 11.4. The van der Waals surface area contributed by atoms with E-state index in [9.17, 15) is 4.79 Å². The molecule has 2 N–H and O–H groups in total. The van der Waals surface area contributed by atoms with Crippen LogP contribution in [0.5, 0.6) is 5.75 Å². The number of nitrogens with two attached hydrogens (primary N) is 1. The summed E-state index contributed by atoms with van der Waals surface area (Å²) in [7, 11) is 2.89. The molecule has 0 bridgehead atoms. The minimum absolute atomic E-state index is 0.156. The van der Waals surface area contributed by atoms with Crippen molar-refractivity contribution in [2.75, 3.05) is 20.0 Å². The molecule has 2 aromatic heterocycles. The van der Waals surface area contributed by atoms with E-state index in [0.717, 1.165) is 10.6 Å². The Labute approximate surface area is 106 Å². The normalized spacial score (nSPS) is 10.2. The molecule has 0 aliphatic rings. The number of rotatable bonds is 3. The quantitative estimate of drug-likeness (QED) is 0.866. The van der Waals surface area contributed by atoms with E-state index in [0.29, 0.717) is 10.0 Å². The number of carbonyl (C=O) groups excluding carboxylic acids is 1. The van der Waals surface area contributed by atoms with E-state index in [2.05, 4.69) is 9.72 Å². The molecular formula is C10H10N2O3S2. The van der Waals surface area contributed by atoms with Gasteiger partial charge in [-0.3, -0.25) is 0 Å². The maximum Gasteiger partial charge on any atom is 0.359 e. The Kier molecular flexibility index (Phi) is 3.30. The summed E-state index contributed by atoms with van der Waals surface area (Å²) < 4.78 is 9.80. The Morgan fingerprint density at radius 3 is 2.88 bits per heavy atom. The largest absolute Gasteiger partial charge is 0.495 e. The molecule has 0 fully saturated rings. The number of nitrogen functional groups attached to an aromatic ring is 1. The van der Waals surface area contributed by atoms with E-state index < -0.39 is 5.97 Å². The van der Waals surface area contributed by atoms with E-state index in [1.54, 1.807) is 7.11 Å². The molecule has 2 rings (SSSR count). The summed E-state index contributed by atoms with van der Waals surface area (Å²) in [6.45, 7) is 0. The lowest BCUT2D eigenvalue weighted by Gasteiger charge is -1.97. The molecule has 0 aliphatic carbocycles. The van der Waals surface area contributed by atoms with Crippen LogP contribution in [0, 0.1) is 0 Å². The number of hydrogen-bond donors (Lipinski definition) is 1. The van der Waals surface area contributed by atoms with Gasteiger partial charge in [-0.2, -0.15) is 0 Å². The SMILES string of the molecule is COC(=O)c1nc(-c2sccc2OC)sc1N. The van der Waals surface area contributed by atoms with Gasteiger partial charge in [-0.25, -0.2) is 9.78 Å². The highest BCUT2D eigenvalue weighted by molar-refractivity contribution is 7.23. The lowest BCUT2D eigenvalue weighted by molar-refractivity contribution is 0.0596. The first-order valence-electron chi connectivity index (χ1n) is 4.63. The van der Waals surface area contributed by atoms with Crippen LogP contribution in [0.4, 0.5) is 5.00 Å². The van der Waals surface area contributed by atoms with E-state index in [4.69, 9.17) is 10.5 Å². The number of aromatic nitrogens is 1. The Morgan fingerprint density at radius 2 is 2.24 bits per heavy atom. The smallest absolute Gasteiger partial charge is 0.359 e. The molecule has 0 spiro atoms. The van der Waals surface area contributed by atoms with Crippen LogP contribution in [0.2, 0.25) is 0 Å². The van der Waals surface area contributed by atoms with Gasteiger partial charge in [0.1, 0.15) is 20.6 Å². The van der Waals surface area contributed by atoms with Crippen molar-refractivity contribution in [1.82, 2.24) is 4.98 Å². The Bertz CT molecular complexity index is 547. The second-order valence-corrected chi connectivity index (χ2v) is 4.99. The first kappa shape index (κ1) is 11.9. The molecule has 0 radical (unpaired) electrons. The van der Waals surface area contributed by atoms with Gasteiger partial charge in [-0.1, -0.05) is 11.3 Å². The van der Waals surface area contributed by atoms with Crippen LogP contribution < -0.4 is 10.5 Å². The summed E-state index contributed by atoms with van der Waals surface area (Å²) >= 11 is 2.73. The molecule has 7 heteroatoms. The van der Waals surface area contributed by atoms with Crippen molar-refractivity contribution in [1.29, 1.82) is 0 Å². The van der Waals surface area contributed by atoms with Crippen LogP contribution in [0.25, 0.3) is 9.88 Å². The molecule has 0 saturated heterocycles. The van der Waals surface area contributed by atoms with Crippen molar-refractivity contribution >= 4 is 33.6 Å². The van der Waals surface area contributed by atoms with Gasteiger partial charge in [-0.05, 0) is 11.4 Å². The summed E-state index contributed by atoms with van der Waals surface area (Å²) in [6.07, 6.45) is 0. The van der Waals surface area contributed by atoms with E-state index >= 15 is 0 Å². The number of esters is 1. The van der Waals surface area contributed by atoms with Gasteiger partial charge >= 0.3 is 5.97 Å². The molecule has 17 heavy (non-hydrogen) atoms. The number of anilines is 1. The maximum absolute atomic E-state index is 11.4. The molecule has 0 atom stereocenters. The Hall–Kier alpha value is -1.60. The zero-order valence-electron chi connectivity index (χ0n) is 9.22. The van der Waals surface area contributed by atoms with Crippen molar-refractivity contribution in [2.45, 2.75) is 0 Å². The van der Waals surface area contributed by atoms with Crippen molar-refractivity contribution in [2.24, 2.45) is 0 Å². The topological polar surface area (TPSA) is 74.4 Å². The van der Waals surface area contributed by atoms with Crippen LogP contribution in [0.3, 0.4) is 0 Å². The fraction of sp³-hybridized carbons (Fsp3) is 0.200. The number of thiophene rings is 1. The second kappa shape index (κ2) is 4.72. The molecule has 2 aromatic rings. The van der Waals surface area contributed by atoms with Gasteiger partial charge in [0.05, 0.1) is 14.2 Å². The zero-order valence-corrected chi connectivity index (χ0v) is 10.9. The standard InChI is InChI=1S/C10H10N2O3S2/c1-14-5-3-4-16-7(5)9-12-6(8(11)17-9)10(13)15-2/h3-4H,11H2,1-2H3. The van der Waals surface area contributed by atoms with Gasteiger partial charge in [0.15, 0.2) is 5.69 Å². The highest BCUT2D eigenvalue weighted by Gasteiger charge is 2.20.